The number of hydrogen-bond donors (Lipinski definition) is 0. The monoisotopic (exact) mass is 125 g/mol. The zero-order valence-corrected chi connectivity index (χ0v) is 6.00. The predicted octanol–water partition coefficient (Wildman–Crippen LogP) is 1.85. The summed E-state index contributed by atoms with van der Waals surface area (Å²) in [4.78, 5) is 4.17. The molecule has 0 aliphatic carbocycles. The number of aliphatic imine (C=N–C) groups is 1. The largest absolute Gasteiger partial charge is 0.240 e. The normalized spacial score (nSPS) is 25.3. The van der Waals surface area contributed by atoms with Crippen LogP contribution in [0.5, 0.6) is 0 Å². The summed E-state index contributed by atoms with van der Waals surface area (Å²) in [6.45, 7) is 6.06. The highest BCUT2D eigenvalue weighted by molar-refractivity contribution is 5.85. The fraction of sp³-hybridized carbons (Fsp3) is 0.833. The molecule has 1 aliphatic rings. The lowest BCUT2D eigenvalue weighted by Crippen LogP contribution is -2.01. The van der Waals surface area contributed by atoms with Crippen LogP contribution in [0.4, 0.5) is 0 Å². The second kappa shape index (κ2) is 2.25. The highest BCUT2D eigenvalue weighted by Gasteiger charge is 2.11. The summed E-state index contributed by atoms with van der Waals surface area (Å²) in [5.41, 5.74) is 0. The third-order valence-corrected chi connectivity index (χ3v) is 1.16. The lowest BCUT2D eigenvalue weighted by atomic mass is 10.2. The molecule has 0 aromatic rings. The van der Waals surface area contributed by atoms with E-state index in [1.165, 1.54) is 0 Å². The van der Waals surface area contributed by atoms with Crippen molar-refractivity contribution in [2.45, 2.75) is 26.9 Å². The lowest BCUT2D eigenvalue weighted by molar-refractivity contribution is 0.785. The summed E-state index contributed by atoms with van der Waals surface area (Å²) in [7, 11) is 0. The van der Waals surface area contributed by atoms with Gasteiger partial charge in [0.15, 0.2) is 12.0 Å². The molecule has 3 heteroatoms. The van der Waals surface area contributed by atoms with Gasteiger partial charge in [-0.05, 0) is 6.92 Å². The first-order valence-corrected chi connectivity index (χ1v) is 3.18. The molecule has 50 valence electrons. The van der Waals surface area contributed by atoms with E-state index in [0.717, 1.165) is 5.84 Å². The summed E-state index contributed by atoms with van der Waals surface area (Å²) in [5, 5.41) is 7.75. The van der Waals surface area contributed by atoms with Gasteiger partial charge in [0.25, 0.3) is 0 Å². The standard InChI is InChI=1S/C6H11N3/c1-4(2)6-7-5(3)8-9-6/h4-5H,1-3H3. The van der Waals surface area contributed by atoms with Crippen molar-refractivity contribution in [3.63, 3.8) is 0 Å². The highest BCUT2D eigenvalue weighted by atomic mass is 15.3. The summed E-state index contributed by atoms with van der Waals surface area (Å²) < 4.78 is 0. The van der Waals surface area contributed by atoms with Crippen molar-refractivity contribution in [1.29, 1.82) is 0 Å². The van der Waals surface area contributed by atoms with Gasteiger partial charge in [0.1, 0.15) is 0 Å². The second-order valence-electron chi connectivity index (χ2n) is 2.49. The average Bonchev–Trinajstić information content (AvgIpc) is 2.14. The molecule has 1 unspecified atom stereocenters. The van der Waals surface area contributed by atoms with Crippen molar-refractivity contribution >= 4 is 5.84 Å². The molecule has 1 atom stereocenters. The van der Waals surface area contributed by atoms with E-state index in [9.17, 15) is 0 Å². The van der Waals surface area contributed by atoms with Gasteiger partial charge in [0.05, 0.1) is 0 Å². The van der Waals surface area contributed by atoms with Crippen LogP contribution < -0.4 is 0 Å². The Kier molecular flexibility index (Phi) is 1.60. The molecule has 0 spiro atoms. The van der Waals surface area contributed by atoms with E-state index in [-0.39, 0.29) is 6.17 Å². The number of amidine groups is 1. The minimum absolute atomic E-state index is 0.0578. The molecular weight excluding hydrogens is 114 g/mol. The van der Waals surface area contributed by atoms with E-state index in [4.69, 9.17) is 0 Å². The summed E-state index contributed by atoms with van der Waals surface area (Å²) in [5.74, 6) is 1.29. The number of nitrogens with zero attached hydrogens (tertiary/aromatic N) is 3. The number of azo groups is 1. The fourth-order valence-electron chi connectivity index (χ4n) is 0.650. The zero-order chi connectivity index (χ0) is 6.85. The van der Waals surface area contributed by atoms with Crippen LogP contribution in [-0.2, 0) is 0 Å². The molecule has 0 fully saturated rings. The molecule has 0 aromatic carbocycles. The predicted molar refractivity (Wildman–Crippen MR) is 36.6 cm³/mol. The first-order chi connectivity index (χ1) is 4.20. The molecule has 0 N–H and O–H groups in total. The topological polar surface area (TPSA) is 37.1 Å². The Morgan fingerprint density at radius 2 is 2.11 bits per heavy atom. The maximum atomic E-state index is 4.17. The van der Waals surface area contributed by atoms with Crippen molar-refractivity contribution in [3.8, 4) is 0 Å². The minimum Gasteiger partial charge on any atom is -0.240 e. The van der Waals surface area contributed by atoms with Gasteiger partial charge in [-0.15, -0.1) is 5.11 Å². The van der Waals surface area contributed by atoms with Crippen molar-refractivity contribution in [2.24, 2.45) is 21.1 Å². The quantitative estimate of drug-likeness (QED) is 0.513. The van der Waals surface area contributed by atoms with Crippen LogP contribution in [0.25, 0.3) is 0 Å². The van der Waals surface area contributed by atoms with Crippen LogP contribution in [0.15, 0.2) is 15.2 Å². The van der Waals surface area contributed by atoms with Gasteiger partial charge < -0.3 is 0 Å². The molecule has 9 heavy (non-hydrogen) atoms. The Labute approximate surface area is 54.9 Å². The van der Waals surface area contributed by atoms with Gasteiger partial charge in [0.2, 0.25) is 0 Å². The Hall–Kier alpha value is -0.730. The molecule has 1 rings (SSSR count). The van der Waals surface area contributed by atoms with Crippen LogP contribution in [0.1, 0.15) is 20.8 Å². The molecule has 1 aliphatic heterocycles. The van der Waals surface area contributed by atoms with Gasteiger partial charge >= 0.3 is 0 Å². The Morgan fingerprint density at radius 3 is 2.33 bits per heavy atom. The Bertz CT molecular complexity index is 158. The smallest absolute Gasteiger partial charge is 0.160 e. The number of hydrogen-bond acceptors (Lipinski definition) is 3. The highest BCUT2D eigenvalue weighted by Crippen LogP contribution is 2.09. The van der Waals surface area contributed by atoms with Crippen LogP contribution >= 0.6 is 0 Å². The van der Waals surface area contributed by atoms with E-state index in [0.29, 0.717) is 5.92 Å². The van der Waals surface area contributed by atoms with E-state index >= 15 is 0 Å². The maximum Gasteiger partial charge on any atom is 0.160 e. The van der Waals surface area contributed by atoms with Gasteiger partial charge in [-0.25, -0.2) is 4.99 Å². The minimum atomic E-state index is 0.0578. The van der Waals surface area contributed by atoms with Crippen LogP contribution in [0, 0.1) is 5.92 Å². The van der Waals surface area contributed by atoms with Gasteiger partial charge in [-0.3, -0.25) is 0 Å². The summed E-state index contributed by atoms with van der Waals surface area (Å²) in [6.07, 6.45) is 0.0578. The van der Waals surface area contributed by atoms with E-state index in [1.807, 2.05) is 6.92 Å². The molecule has 0 bridgehead atoms. The summed E-state index contributed by atoms with van der Waals surface area (Å²) in [6, 6.07) is 0. The second-order valence-corrected chi connectivity index (χ2v) is 2.49. The Balaban J connectivity index is 2.64. The fourth-order valence-corrected chi connectivity index (χ4v) is 0.650. The van der Waals surface area contributed by atoms with E-state index < -0.39 is 0 Å². The summed E-state index contributed by atoms with van der Waals surface area (Å²) >= 11 is 0. The first-order valence-electron chi connectivity index (χ1n) is 3.18. The van der Waals surface area contributed by atoms with E-state index in [1.54, 1.807) is 0 Å². The maximum absolute atomic E-state index is 4.17. The van der Waals surface area contributed by atoms with Crippen LogP contribution in [0.3, 0.4) is 0 Å². The lowest BCUT2D eigenvalue weighted by Gasteiger charge is -1.95. The molecule has 0 saturated heterocycles. The van der Waals surface area contributed by atoms with Crippen LogP contribution in [0.2, 0.25) is 0 Å². The van der Waals surface area contributed by atoms with Crippen molar-refractivity contribution in [3.05, 3.63) is 0 Å². The molecular formula is C6H11N3. The number of rotatable bonds is 1. The molecule has 0 amide bonds. The SMILES string of the molecule is CC1N=NC(C(C)C)=N1. The first kappa shape index (κ1) is 6.39. The van der Waals surface area contributed by atoms with Gasteiger partial charge in [-0.1, -0.05) is 13.8 Å². The molecule has 3 nitrogen and oxygen atoms in total. The molecule has 1 heterocycles. The van der Waals surface area contributed by atoms with Crippen LogP contribution in [-0.4, -0.2) is 12.0 Å². The third kappa shape index (κ3) is 1.34. The van der Waals surface area contributed by atoms with Crippen molar-refractivity contribution in [1.82, 2.24) is 0 Å². The average molecular weight is 125 g/mol. The van der Waals surface area contributed by atoms with E-state index in [2.05, 4.69) is 29.1 Å². The Morgan fingerprint density at radius 1 is 1.44 bits per heavy atom. The van der Waals surface area contributed by atoms with Gasteiger partial charge in [0, 0.05) is 5.92 Å². The zero-order valence-electron chi connectivity index (χ0n) is 6.00. The van der Waals surface area contributed by atoms with Crippen molar-refractivity contribution in [2.75, 3.05) is 0 Å². The van der Waals surface area contributed by atoms with Gasteiger partial charge in [-0.2, -0.15) is 5.11 Å². The molecule has 0 saturated carbocycles. The third-order valence-electron chi connectivity index (χ3n) is 1.16. The van der Waals surface area contributed by atoms with Crippen molar-refractivity contribution < 1.29 is 0 Å². The molecule has 0 aromatic heterocycles. The molecule has 0 radical (unpaired) electrons.